The first-order valence-electron chi connectivity index (χ1n) is 10.7. The fraction of sp³-hybridized carbons (Fsp3) is 0.600. The van der Waals surface area contributed by atoms with Crippen LogP contribution in [0.4, 0.5) is 5.82 Å². The fourth-order valence-electron chi connectivity index (χ4n) is 4.72. The number of anilines is 1. The van der Waals surface area contributed by atoms with Crippen LogP contribution < -0.4 is 5.73 Å². The molecule has 5 rings (SSSR count). The van der Waals surface area contributed by atoms with Crippen LogP contribution in [-0.4, -0.2) is 80.1 Å². The van der Waals surface area contributed by atoms with Crippen LogP contribution in [-0.2, 0) is 17.8 Å². The Morgan fingerprint density at radius 2 is 2.03 bits per heavy atom. The Balaban J connectivity index is 1.44. The predicted octanol–water partition coefficient (Wildman–Crippen LogP) is 1.38. The van der Waals surface area contributed by atoms with Gasteiger partial charge in [0, 0.05) is 50.5 Å². The van der Waals surface area contributed by atoms with Gasteiger partial charge in [0.15, 0.2) is 17.3 Å². The van der Waals surface area contributed by atoms with Gasteiger partial charge < -0.3 is 15.0 Å². The molecular weight excluding hydrogens is 384 g/mol. The van der Waals surface area contributed by atoms with Gasteiger partial charge >= 0.3 is 0 Å². The van der Waals surface area contributed by atoms with Crippen LogP contribution in [0, 0.1) is 0 Å². The van der Waals surface area contributed by atoms with Crippen molar-refractivity contribution in [1.29, 1.82) is 0 Å². The van der Waals surface area contributed by atoms with Gasteiger partial charge in [0.1, 0.15) is 5.52 Å². The van der Waals surface area contributed by atoms with Crippen molar-refractivity contribution in [2.75, 3.05) is 45.1 Å². The number of hydrogen-bond donors (Lipinski definition) is 1. The number of fused-ring (bicyclic) bond motifs is 1. The topological polar surface area (TPSA) is 111 Å². The first kappa shape index (κ1) is 19.4. The second kappa shape index (κ2) is 8.29. The summed E-state index contributed by atoms with van der Waals surface area (Å²) in [5.41, 5.74) is 9.52. The van der Waals surface area contributed by atoms with Crippen molar-refractivity contribution < 1.29 is 9.37 Å². The number of aromatic nitrogens is 5. The van der Waals surface area contributed by atoms with Crippen molar-refractivity contribution in [3.05, 3.63) is 18.0 Å². The van der Waals surface area contributed by atoms with Crippen LogP contribution in [0.5, 0.6) is 0 Å². The van der Waals surface area contributed by atoms with E-state index in [1.807, 2.05) is 6.20 Å². The minimum absolute atomic E-state index is 0.250. The molecule has 0 spiro atoms. The number of pyridine rings is 1. The molecule has 1 atom stereocenters. The Kier molecular flexibility index (Phi) is 5.36. The van der Waals surface area contributed by atoms with E-state index in [9.17, 15) is 0 Å². The molecule has 10 nitrogen and oxygen atoms in total. The second-order valence-corrected chi connectivity index (χ2v) is 8.02. The van der Waals surface area contributed by atoms with Gasteiger partial charge in [-0.3, -0.25) is 14.8 Å². The molecule has 2 N–H and O–H groups in total. The zero-order valence-corrected chi connectivity index (χ0v) is 17.3. The number of nitrogens with zero attached hydrogens (tertiary/aromatic N) is 7. The Morgan fingerprint density at radius 3 is 2.80 bits per heavy atom. The van der Waals surface area contributed by atoms with Crippen molar-refractivity contribution in [2.24, 2.45) is 0 Å². The first-order chi connectivity index (χ1) is 14.7. The van der Waals surface area contributed by atoms with Gasteiger partial charge in [-0.25, -0.2) is 9.61 Å². The largest absolute Gasteiger partial charge is 0.379 e. The normalized spacial score (nSPS) is 21.0. The molecule has 160 valence electrons. The summed E-state index contributed by atoms with van der Waals surface area (Å²) in [7, 11) is 0. The maximum atomic E-state index is 5.94. The Morgan fingerprint density at radius 1 is 1.17 bits per heavy atom. The highest BCUT2D eigenvalue weighted by atomic mass is 16.6. The molecule has 0 unspecified atom stereocenters. The zero-order chi connectivity index (χ0) is 20.5. The molecule has 0 saturated carbocycles. The van der Waals surface area contributed by atoms with Gasteiger partial charge in [-0.2, -0.15) is 0 Å². The Bertz CT molecular complexity index is 1010. The van der Waals surface area contributed by atoms with Crippen molar-refractivity contribution in [3.8, 4) is 11.5 Å². The number of nitrogens with two attached hydrogens (primary N) is 1. The van der Waals surface area contributed by atoms with E-state index in [0.29, 0.717) is 17.6 Å². The lowest BCUT2D eigenvalue weighted by molar-refractivity contribution is 0.0262. The molecule has 10 heteroatoms. The summed E-state index contributed by atoms with van der Waals surface area (Å²) in [6, 6.07) is 0.561. The molecule has 3 aromatic heterocycles. The number of ether oxygens (including phenoxy) is 1. The molecule has 0 aliphatic carbocycles. The zero-order valence-electron chi connectivity index (χ0n) is 17.3. The van der Waals surface area contributed by atoms with Crippen molar-refractivity contribution in [2.45, 2.75) is 38.9 Å². The van der Waals surface area contributed by atoms with E-state index in [-0.39, 0.29) is 5.82 Å². The summed E-state index contributed by atoms with van der Waals surface area (Å²) >= 11 is 0. The molecule has 2 aliphatic rings. The van der Waals surface area contributed by atoms with Gasteiger partial charge in [0.2, 0.25) is 0 Å². The predicted molar refractivity (Wildman–Crippen MR) is 112 cm³/mol. The Labute approximate surface area is 175 Å². The highest BCUT2D eigenvalue weighted by Gasteiger charge is 2.28. The SMILES string of the molecule is CCn1c(-c2nonc2N)nc2cncc(CN3CCC[C@@H]3CN3CCOCC3)c21. The number of nitrogen functional groups attached to an aromatic ring is 1. The molecule has 0 radical (unpaired) electrons. The third-order valence-corrected chi connectivity index (χ3v) is 6.21. The van der Waals surface area contributed by atoms with Gasteiger partial charge in [0.05, 0.1) is 24.9 Å². The van der Waals surface area contributed by atoms with Crippen molar-refractivity contribution in [1.82, 2.24) is 34.6 Å². The highest BCUT2D eigenvalue weighted by Crippen LogP contribution is 2.30. The highest BCUT2D eigenvalue weighted by molar-refractivity contribution is 5.83. The smallest absolute Gasteiger partial charge is 0.199 e. The Hall–Kier alpha value is -2.56. The lowest BCUT2D eigenvalue weighted by Crippen LogP contribution is -2.44. The number of hydrogen-bond acceptors (Lipinski definition) is 9. The molecule has 2 saturated heterocycles. The van der Waals surface area contributed by atoms with Crippen LogP contribution in [0.1, 0.15) is 25.3 Å². The van der Waals surface area contributed by atoms with E-state index < -0.39 is 0 Å². The molecule has 0 amide bonds. The molecule has 3 aromatic rings. The number of imidazole rings is 1. The van der Waals surface area contributed by atoms with Gasteiger partial charge in [-0.05, 0) is 36.6 Å². The molecular formula is C20H28N8O2. The number of aryl methyl sites for hydroxylation is 1. The number of likely N-dealkylation sites (tertiary alicyclic amines) is 1. The van der Waals surface area contributed by atoms with E-state index in [1.54, 1.807) is 6.20 Å². The third-order valence-electron chi connectivity index (χ3n) is 6.21. The maximum Gasteiger partial charge on any atom is 0.199 e. The summed E-state index contributed by atoms with van der Waals surface area (Å²) in [6.45, 7) is 9.65. The first-order valence-corrected chi connectivity index (χ1v) is 10.7. The molecule has 30 heavy (non-hydrogen) atoms. The molecule has 2 aliphatic heterocycles. The van der Waals surface area contributed by atoms with Crippen LogP contribution in [0.15, 0.2) is 17.0 Å². The average molecular weight is 412 g/mol. The lowest BCUT2D eigenvalue weighted by atomic mass is 10.1. The van der Waals surface area contributed by atoms with E-state index in [2.05, 4.69) is 36.6 Å². The van der Waals surface area contributed by atoms with Gasteiger partial charge in [-0.15, -0.1) is 0 Å². The van der Waals surface area contributed by atoms with Crippen molar-refractivity contribution in [3.63, 3.8) is 0 Å². The quantitative estimate of drug-likeness (QED) is 0.642. The fourth-order valence-corrected chi connectivity index (χ4v) is 4.72. The van der Waals surface area contributed by atoms with Gasteiger partial charge in [0.25, 0.3) is 0 Å². The van der Waals surface area contributed by atoms with E-state index in [0.717, 1.165) is 63.5 Å². The molecule has 5 heterocycles. The van der Waals surface area contributed by atoms with E-state index in [4.69, 9.17) is 20.1 Å². The van der Waals surface area contributed by atoms with Crippen LogP contribution in [0.3, 0.4) is 0 Å². The second-order valence-electron chi connectivity index (χ2n) is 8.02. The summed E-state index contributed by atoms with van der Waals surface area (Å²) < 4.78 is 12.4. The number of morpholine rings is 1. The summed E-state index contributed by atoms with van der Waals surface area (Å²) in [5.74, 6) is 0.923. The molecule has 0 bridgehead atoms. The van der Waals surface area contributed by atoms with Crippen LogP contribution in [0.2, 0.25) is 0 Å². The lowest BCUT2D eigenvalue weighted by Gasteiger charge is -2.33. The minimum Gasteiger partial charge on any atom is -0.379 e. The van der Waals surface area contributed by atoms with Gasteiger partial charge in [-0.1, -0.05) is 0 Å². The standard InChI is InChI=1S/C20H28N8O2/c1-2-28-18-14(10-22-11-16(18)23-20(28)17-19(21)25-30-24-17)12-27-5-3-4-15(27)13-26-6-8-29-9-7-26/h10-11,15H,2-9,12-13H2,1H3,(H2,21,25)/t15-/m1/s1. The van der Waals surface area contributed by atoms with E-state index >= 15 is 0 Å². The average Bonchev–Trinajstić information content (AvgIpc) is 3.47. The monoisotopic (exact) mass is 412 g/mol. The molecule has 2 fully saturated rings. The summed E-state index contributed by atoms with van der Waals surface area (Å²) in [4.78, 5) is 14.3. The maximum absolute atomic E-state index is 5.94. The summed E-state index contributed by atoms with van der Waals surface area (Å²) in [6.07, 6.45) is 6.24. The summed E-state index contributed by atoms with van der Waals surface area (Å²) in [5, 5.41) is 7.67. The minimum atomic E-state index is 0.250. The van der Waals surface area contributed by atoms with Crippen LogP contribution in [0.25, 0.3) is 22.6 Å². The third kappa shape index (κ3) is 3.55. The van der Waals surface area contributed by atoms with Crippen LogP contribution >= 0.6 is 0 Å². The number of rotatable bonds is 6. The van der Waals surface area contributed by atoms with E-state index in [1.165, 1.54) is 18.4 Å². The van der Waals surface area contributed by atoms with Crippen molar-refractivity contribution >= 4 is 16.9 Å². The molecule has 0 aromatic carbocycles.